The van der Waals surface area contributed by atoms with E-state index in [2.05, 4.69) is 105 Å². The second-order valence-electron chi connectivity index (χ2n) is 13.3. The number of nitrogens with one attached hydrogen (secondary N) is 10. The Labute approximate surface area is 389 Å². The van der Waals surface area contributed by atoms with Gasteiger partial charge >= 0.3 is 0 Å². The molecule has 0 spiro atoms. The van der Waals surface area contributed by atoms with Gasteiger partial charge in [0.25, 0.3) is 11.8 Å². The van der Waals surface area contributed by atoms with Gasteiger partial charge in [-0.1, -0.05) is 31.9 Å². The molecule has 3 rings (SSSR count). The molecule has 0 radical (unpaired) electrons. The number of carbonyl (C=O) groups excluding carboxylic acids is 4. The smallest absolute Gasteiger partial charge is 0.274 e. The molecule has 0 aliphatic carbocycles. The van der Waals surface area contributed by atoms with Crippen LogP contribution < -0.4 is 53.2 Å². The van der Waals surface area contributed by atoms with Crippen LogP contribution in [0.2, 0.25) is 0 Å². The molecule has 2 aromatic carbocycles. The molecule has 62 heavy (non-hydrogen) atoms. The summed E-state index contributed by atoms with van der Waals surface area (Å²) in [6.45, 7) is 2.70. The number of aliphatic imine (C=N–C) groups is 2. The highest BCUT2D eigenvalue weighted by Crippen LogP contribution is 2.39. The quantitative estimate of drug-likeness (QED) is 0.0248. The molecule has 1 aromatic heterocycles. The Balaban J connectivity index is 1.78. The van der Waals surface area contributed by atoms with Crippen LogP contribution in [-0.4, -0.2) is 125 Å². The summed E-state index contributed by atoms with van der Waals surface area (Å²) < 4.78 is 1.27. The Hall–Kier alpha value is -4.48. The first-order chi connectivity index (χ1) is 30.0. The first-order valence-electron chi connectivity index (χ1n) is 20.0. The first-order valence-corrected chi connectivity index (χ1v) is 23.6. The minimum absolute atomic E-state index is 0.0461. The standard InChI is InChI=1S/C40H58Br2N14O4S2/c1-43-15-17-61-35-27(53-33(57)11-7-9-13-49-39(45-3)46-4)19-25(41)21-29(35)55-37(59)31-23-32(52-24-51-31)38(60)56-30-22-26(42)20-28(36(30)62-18-16-44-2)54-34(58)12-8-10-14-50-40(47-5)48-6/h19-24,43-44H,7-18H2,1-6H3,(H,53,57)(H,54,58)(H,55,59)(H,56,60)(H2,45,46,49)(H2,47,48,50). The number of rotatable bonds is 24. The molecule has 4 amide bonds. The fourth-order valence-corrected chi connectivity index (χ4v) is 8.58. The third kappa shape index (κ3) is 18.1. The van der Waals surface area contributed by atoms with Crippen molar-refractivity contribution in [2.24, 2.45) is 9.98 Å². The fourth-order valence-electron chi connectivity index (χ4n) is 5.58. The highest BCUT2D eigenvalue weighted by atomic mass is 79.9. The topological polar surface area (TPSA) is 239 Å². The van der Waals surface area contributed by atoms with E-state index in [4.69, 9.17) is 0 Å². The predicted octanol–water partition coefficient (Wildman–Crippen LogP) is 4.94. The first kappa shape index (κ1) is 51.9. The van der Waals surface area contributed by atoms with Crippen LogP contribution in [0.3, 0.4) is 0 Å². The van der Waals surface area contributed by atoms with Gasteiger partial charge in [0, 0.05) is 93.7 Å². The van der Waals surface area contributed by atoms with Gasteiger partial charge in [-0.3, -0.25) is 29.2 Å². The number of carbonyl (C=O) groups is 4. The van der Waals surface area contributed by atoms with Crippen LogP contribution in [0.25, 0.3) is 0 Å². The minimum Gasteiger partial charge on any atom is -0.359 e. The molecule has 0 bridgehead atoms. The average molecular weight is 1020 g/mol. The summed E-state index contributed by atoms with van der Waals surface area (Å²) in [5, 5.41) is 30.4. The number of thioether (sulfide) groups is 2. The number of anilines is 4. The highest BCUT2D eigenvalue weighted by molar-refractivity contribution is 9.10. The lowest BCUT2D eigenvalue weighted by molar-refractivity contribution is -0.117. The molecule has 1 heterocycles. The Bertz CT molecular complexity index is 1890. The van der Waals surface area contributed by atoms with E-state index >= 15 is 0 Å². The number of aromatic nitrogens is 2. The molecule has 0 saturated carbocycles. The normalized spacial score (nSPS) is 11.4. The Morgan fingerprint density at radius 1 is 0.565 bits per heavy atom. The van der Waals surface area contributed by atoms with Crippen molar-refractivity contribution < 1.29 is 19.2 Å². The van der Waals surface area contributed by atoms with Crippen molar-refractivity contribution in [2.75, 3.05) is 101 Å². The van der Waals surface area contributed by atoms with Crippen LogP contribution in [0, 0.1) is 0 Å². The van der Waals surface area contributed by atoms with E-state index in [9.17, 15) is 19.2 Å². The minimum atomic E-state index is -0.580. The summed E-state index contributed by atoms with van der Waals surface area (Å²) in [4.78, 5) is 71.6. The molecule has 0 unspecified atom stereocenters. The number of benzene rings is 2. The fraction of sp³-hybridized carbons (Fsp3) is 0.450. The third-order valence-corrected chi connectivity index (χ3v) is 11.8. The van der Waals surface area contributed by atoms with Gasteiger partial charge in [-0.15, -0.1) is 23.5 Å². The number of hydrogen-bond acceptors (Lipinski definition) is 12. The van der Waals surface area contributed by atoms with Crippen molar-refractivity contribution in [1.29, 1.82) is 0 Å². The van der Waals surface area contributed by atoms with Crippen LogP contribution in [0.4, 0.5) is 22.7 Å². The summed E-state index contributed by atoms with van der Waals surface area (Å²) >= 11 is 10.0. The molecule has 22 heteroatoms. The highest BCUT2D eigenvalue weighted by Gasteiger charge is 2.21. The van der Waals surface area contributed by atoms with Crippen LogP contribution in [0.1, 0.15) is 59.5 Å². The van der Waals surface area contributed by atoms with Crippen molar-refractivity contribution in [3.8, 4) is 0 Å². The molecule has 10 N–H and O–H groups in total. The maximum atomic E-state index is 13.8. The average Bonchev–Trinajstić information content (AvgIpc) is 3.25. The lowest BCUT2D eigenvalue weighted by Crippen LogP contribution is -2.35. The molecule has 3 aromatic rings. The van der Waals surface area contributed by atoms with Gasteiger partial charge in [0.2, 0.25) is 11.8 Å². The van der Waals surface area contributed by atoms with Crippen molar-refractivity contribution >= 4 is 114 Å². The Kier molecular flexibility index (Phi) is 24.3. The molecule has 0 fully saturated rings. The van der Waals surface area contributed by atoms with Crippen LogP contribution in [-0.2, 0) is 9.59 Å². The van der Waals surface area contributed by atoms with E-state index in [1.165, 1.54) is 29.6 Å². The van der Waals surface area contributed by atoms with Gasteiger partial charge in [0.15, 0.2) is 11.9 Å². The van der Waals surface area contributed by atoms with Gasteiger partial charge in [0.05, 0.1) is 32.5 Å². The molecule has 18 nitrogen and oxygen atoms in total. The summed E-state index contributed by atoms with van der Waals surface area (Å²) in [5.74, 6) is 1.20. The maximum absolute atomic E-state index is 13.8. The van der Waals surface area contributed by atoms with Gasteiger partial charge in [0.1, 0.15) is 17.7 Å². The third-order valence-electron chi connectivity index (χ3n) is 8.65. The van der Waals surface area contributed by atoms with Crippen LogP contribution in [0.15, 0.2) is 65.4 Å². The zero-order chi connectivity index (χ0) is 45.3. The summed E-state index contributed by atoms with van der Waals surface area (Å²) in [5.41, 5.74) is 1.90. The summed E-state index contributed by atoms with van der Waals surface area (Å²) in [6.07, 6.45) is 4.61. The van der Waals surface area contributed by atoms with E-state index in [0.29, 0.717) is 117 Å². The van der Waals surface area contributed by atoms with E-state index in [-0.39, 0.29) is 23.2 Å². The second-order valence-corrected chi connectivity index (χ2v) is 17.3. The number of amides is 4. The zero-order valence-corrected chi connectivity index (χ0v) is 40.7. The molecule has 338 valence electrons. The molecular formula is C40H58Br2N14O4S2. The number of guanidine groups is 2. The SMILES string of the molecule is CN=C(NC)NCCCCC(=O)Nc1cc(Br)cc(NC(=O)c2cc(C(=O)Nc3cc(Br)cc(NC(=O)CCCCNC(=NC)NC)c3SCCNC)ncn2)c1SCCNC. The molecule has 0 aliphatic rings. The van der Waals surface area contributed by atoms with Crippen molar-refractivity contribution in [3.05, 3.63) is 57.0 Å². The maximum Gasteiger partial charge on any atom is 0.274 e. The Morgan fingerprint density at radius 3 is 1.31 bits per heavy atom. The lowest BCUT2D eigenvalue weighted by Gasteiger charge is -2.18. The molecule has 0 saturated heterocycles. The van der Waals surface area contributed by atoms with Gasteiger partial charge in [-0.2, -0.15) is 0 Å². The lowest BCUT2D eigenvalue weighted by atomic mass is 10.2. The molecular weight excluding hydrogens is 964 g/mol. The molecule has 0 aliphatic heterocycles. The number of halogens is 2. The van der Waals surface area contributed by atoms with Crippen molar-refractivity contribution in [1.82, 2.24) is 41.9 Å². The van der Waals surface area contributed by atoms with Crippen molar-refractivity contribution in [3.63, 3.8) is 0 Å². The monoisotopic (exact) mass is 1020 g/mol. The van der Waals surface area contributed by atoms with E-state index in [1.54, 1.807) is 52.5 Å². The number of unbranched alkanes of at least 4 members (excludes halogenated alkanes) is 2. The summed E-state index contributed by atoms with van der Waals surface area (Å²) in [6, 6.07) is 8.42. The number of nitrogens with zero attached hydrogens (tertiary/aromatic N) is 4. The van der Waals surface area contributed by atoms with Crippen LogP contribution >= 0.6 is 55.4 Å². The Morgan fingerprint density at radius 2 is 0.952 bits per heavy atom. The van der Waals surface area contributed by atoms with Gasteiger partial charge in [-0.05, 0) is 64.0 Å². The summed E-state index contributed by atoms with van der Waals surface area (Å²) in [7, 11) is 10.7. The number of hydrogen-bond donors (Lipinski definition) is 10. The van der Waals surface area contributed by atoms with Crippen LogP contribution in [0.5, 0.6) is 0 Å². The largest absolute Gasteiger partial charge is 0.359 e. The van der Waals surface area contributed by atoms with E-state index < -0.39 is 11.8 Å². The predicted molar refractivity (Wildman–Crippen MR) is 261 cm³/mol. The van der Waals surface area contributed by atoms with Crippen molar-refractivity contribution in [2.45, 2.75) is 48.3 Å². The zero-order valence-electron chi connectivity index (χ0n) is 35.9. The van der Waals surface area contributed by atoms with E-state index in [0.717, 1.165) is 19.2 Å². The van der Waals surface area contributed by atoms with Gasteiger partial charge < -0.3 is 53.2 Å². The van der Waals surface area contributed by atoms with E-state index in [1.807, 2.05) is 14.1 Å². The second kappa shape index (κ2) is 29.0. The van der Waals surface area contributed by atoms with Gasteiger partial charge in [-0.25, -0.2) is 9.97 Å². The molecule has 0 atom stereocenters.